The van der Waals surface area contributed by atoms with Crippen LogP contribution in [0.2, 0.25) is 0 Å². The molecule has 1 heterocycles. The molecule has 0 aliphatic carbocycles. The van der Waals surface area contributed by atoms with Gasteiger partial charge in [-0.15, -0.1) is 0 Å². The van der Waals surface area contributed by atoms with Crippen LogP contribution in [0.25, 0.3) is 0 Å². The minimum Gasteiger partial charge on any atom is -0.481 e. The van der Waals surface area contributed by atoms with Gasteiger partial charge >= 0.3 is 5.06 Å². The molecule has 1 aromatic rings. The Kier molecular flexibility index (Phi) is 1.03. The summed E-state index contributed by atoms with van der Waals surface area (Å²) >= 11 is 2.86. The second-order valence-corrected chi connectivity index (χ2v) is 2.74. The van der Waals surface area contributed by atoms with E-state index in [1.165, 1.54) is 22.7 Å². The van der Waals surface area contributed by atoms with Crippen LogP contribution in [-0.2, 0) is 0 Å². The molecule has 0 radical (unpaired) electrons. The molecule has 6 heavy (non-hydrogen) atoms. The quantitative estimate of drug-likeness (QED) is 0.516. The normalized spacial score (nSPS) is 8.67. The maximum Gasteiger partial charge on any atom is 0.311 e. The van der Waals surface area contributed by atoms with Crippen LogP contribution < -0.4 is 0 Å². The Hall–Kier alpha value is -0.150. The molecule has 1 nitrogen and oxygen atoms in total. The van der Waals surface area contributed by atoms with Crippen molar-refractivity contribution < 1.29 is 5.11 Å². The van der Waals surface area contributed by atoms with Crippen LogP contribution in [0.3, 0.4) is 0 Å². The van der Waals surface area contributed by atoms with E-state index in [0.29, 0.717) is 5.06 Å². The van der Waals surface area contributed by atoms with Crippen molar-refractivity contribution in [1.82, 2.24) is 0 Å². The first-order valence-electron chi connectivity index (χ1n) is 1.42. The summed E-state index contributed by atoms with van der Waals surface area (Å²) in [5.74, 6) is 0. The van der Waals surface area contributed by atoms with E-state index in [9.17, 15) is 0 Å². The Morgan fingerprint density at radius 2 is 2.67 bits per heavy atom. The fourth-order valence-electron chi connectivity index (χ4n) is 0.191. The third kappa shape index (κ3) is 0.666. The minimum atomic E-state index is 0.403. The smallest absolute Gasteiger partial charge is 0.311 e. The van der Waals surface area contributed by atoms with Crippen molar-refractivity contribution in [1.29, 1.82) is 0 Å². The largest absolute Gasteiger partial charge is 0.481 e. The summed E-state index contributed by atoms with van der Waals surface area (Å²) in [5.41, 5.74) is 0. The molecule has 3 heteroatoms. The first-order valence-corrected chi connectivity index (χ1v) is 3.25. The molecule has 0 saturated carbocycles. The van der Waals surface area contributed by atoms with E-state index in [2.05, 4.69) is 0 Å². The maximum absolute atomic E-state index is 8.50. The topological polar surface area (TPSA) is 20.2 Å². The van der Waals surface area contributed by atoms with Gasteiger partial charge in [0.15, 0.2) is 5.38 Å². The summed E-state index contributed by atoms with van der Waals surface area (Å²) in [6, 6.07) is 0. The molecule has 0 atom stereocenters. The summed E-state index contributed by atoms with van der Waals surface area (Å²) in [5, 5.41) is 10.6. The Morgan fingerprint density at radius 3 is 2.83 bits per heavy atom. The molecular weight excluding hydrogens is 116 g/mol. The van der Waals surface area contributed by atoms with Gasteiger partial charge in [0.1, 0.15) is 11.3 Å². The molecule has 1 N–H and O–H groups in total. The van der Waals surface area contributed by atoms with Crippen LogP contribution in [0.15, 0.2) is 10.1 Å². The van der Waals surface area contributed by atoms with E-state index >= 15 is 0 Å². The van der Waals surface area contributed by atoms with Crippen molar-refractivity contribution in [3.63, 3.8) is 0 Å². The molecule has 0 amide bonds. The summed E-state index contributed by atoms with van der Waals surface area (Å²) in [6.07, 6.45) is 0. The summed E-state index contributed by atoms with van der Waals surface area (Å²) in [6.45, 7) is 0. The molecule has 0 aliphatic rings. The van der Waals surface area contributed by atoms with Crippen LogP contribution in [0.1, 0.15) is 0 Å². The first kappa shape index (κ1) is 4.02. The van der Waals surface area contributed by atoms with Crippen molar-refractivity contribution in [3.05, 3.63) is 10.1 Å². The van der Waals surface area contributed by atoms with E-state index < -0.39 is 0 Å². The minimum absolute atomic E-state index is 0.403. The van der Waals surface area contributed by atoms with Gasteiger partial charge in [-0.3, -0.25) is 0 Å². The van der Waals surface area contributed by atoms with Gasteiger partial charge in [-0.1, -0.05) is 0 Å². The number of hydrogen-bond acceptors (Lipinski definition) is 2. The highest BCUT2D eigenvalue weighted by atomic mass is 32.2. The van der Waals surface area contributed by atoms with Crippen molar-refractivity contribution in [2.24, 2.45) is 0 Å². The van der Waals surface area contributed by atoms with Gasteiger partial charge in [0.25, 0.3) is 0 Å². The van der Waals surface area contributed by atoms with Crippen molar-refractivity contribution >= 4 is 22.7 Å². The van der Waals surface area contributed by atoms with E-state index in [-0.39, 0.29) is 0 Å². The molecule has 0 aromatic carbocycles. The fraction of sp³-hybridized carbons (Fsp3) is 0. The third-order valence-corrected chi connectivity index (χ3v) is 2.09. The second-order valence-electron chi connectivity index (χ2n) is 0.806. The van der Waals surface area contributed by atoms with Gasteiger partial charge in [-0.25, -0.2) is 0 Å². The molecule has 0 saturated heterocycles. The molecule has 1 aromatic heterocycles. The van der Waals surface area contributed by atoms with E-state index in [4.69, 9.17) is 5.11 Å². The number of aromatic hydroxyl groups is 1. The van der Waals surface area contributed by atoms with Crippen molar-refractivity contribution in [2.75, 3.05) is 0 Å². The third-order valence-electron chi connectivity index (χ3n) is 0.393. The zero-order valence-corrected chi connectivity index (χ0v) is 4.55. The predicted octanol–water partition coefficient (Wildman–Crippen LogP) is 1.80. The number of rotatable bonds is 0. The highest BCUT2D eigenvalue weighted by Gasteiger charge is 1.94. The molecule has 0 unspecified atom stereocenters. The SMILES string of the molecule is Oc1c[s+]cs1. The molecule has 0 fully saturated rings. The highest BCUT2D eigenvalue weighted by molar-refractivity contribution is 7.28. The molecular formula is C3H3OS2+. The van der Waals surface area contributed by atoms with Crippen LogP contribution in [0.5, 0.6) is 5.06 Å². The monoisotopic (exact) mass is 119 g/mol. The van der Waals surface area contributed by atoms with Crippen molar-refractivity contribution in [2.45, 2.75) is 0 Å². The Morgan fingerprint density at radius 1 is 1.83 bits per heavy atom. The predicted molar refractivity (Wildman–Crippen MR) is 28.3 cm³/mol. The first-order chi connectivity index (χ1) is 2.89. The Balaban J connectivity index is 3.05. The van der Waals surface area contributed by atoms with E-state index in [1.54, 1.807) is 5.38 Å². The van der Waals surface area contributed by atoms with Crippen LogP contribution >= 0.6 is 22.7 Å². The average Bonchev–Trinajstić information content (AvgIpc) is 1.86. The average molecular weight is 119 g/mol. The standard InChI is InChI=1S/C3H2OS2/c4-3-1-5-2-6-3/h1-2H/p+1. The summed E-state index contributed by atoms with van der Waals surface area (Å²) in [4.78, 5) is 0. The lowest BCUT2D eigenvalue weighted by atomic mass is 11.1. The maximum atomic E-state index is 8.50. The molecule has 0 bridgehead atoms. The van der Waals surface area contributed by atoms with Crippen LogP contribution in [-0.4, -0.2) is 5.11 Å². The van der Waals surface area contributed by atoms with Crippen LogP contribution in [0.4, 0.5) is 0 Å². The van der Waals surface area contributed by atoms with Gasteiger partial charge in [0.2, 0.25) is 4.69 Å². The summed E-state index contributed by atoms with van der Waals surface area (Å²) in [7, 11) is 0. The Bertz CT molecular complexity index is 112. The van der Waals surface area contributed by atoms with Gasteiger partial charge in [0, 0.05) is 0 Å². The van der Waals surface area contributed by atoms with E-state index in [0.717, 1.165) is 0 Å². The van der Waals surface area contributed by atoms with Crippen LogP contribution in [0, 0.1) is 0 Å². The highest BCUT2D eigenvalue weighted by Crippen LogP contribution is 2.19. The van der Waals surface area contributed by atoms with Gasteiger partial charge in [0.05, 0.1) is 11.3 Å². The molecule has 0 spiro atoms. The Labute approximate surface area is 43.5 Å². The van der Waals surface area contributed by atoms with Gasteiger partial charge in [-0.2, -0.15) is 0 Å². The summed E-state index contributed by atoms with van der Waals surface area (Å²) < 4.78 is 1.87. The fourth-order valence-corrected chi connectivity index (χ4v) is 1.53. The lowest BCUT2D eigenvalue weighted by molar-refractivity contribution is 0.492. The zero-order valence-electron chi connectivity index (χ0n) is 2.92. The molecule has 0 aliphatic heterocycles. The van der Waals surface area contributed by atoms with E-state index in [1.807, 2.05) is 4.69 Å². The molecule has 1 rings (SSSR count). The van der Waals surface area contributed by atoms with Gasteiger partial charge in [-0.05, 0) is 0 Å². The van der Waals surface area contributed by atoms with Crippen molar-refractivity contribution in [3.8, 4) is 5.06 Å². The molecule has 32 valence electrons. The lowest BCUT2D eigenvalue weighted by Gasteiger charge is -1.55. The second kappa shape index (κ2) is 1.53. The lowest BCUT2D eigenvalue weighted by Crippen LogP contribution is -1.34. The van der Waals surface area contributed by atoms with Gasteiger partial charge < -0.3 is 5.11 Å². The number of hydrogen-bond donors (Lipinski definition) is 1. The zero-order chi connectivity index (χ0) is 4.41.